The van der Waals surface area contributed by atoms with E-state index >= 15 is 4.39 Å². The first-order chi connectivity index (χ1) is 17.1. The third-order valence-corrected chi connectivity index (χ3v) is 6.75. The van der Waals surface area contributed by atoms with E-state index in [4.69, 9.17) is 16.3 Å². The lowest BCUT2D eigenvalue weighted by Gasteiger charge is -2.28. The van der Waals surface area contributed by atoms with Crippen molar-refractivity contribution >= 4 is 28.5 Å². The topological polar surface area (TPSA) is 101 Å². The Bertz CT molecular complexity index is 1330. The Labute approximate surface area is 214 Å². The van der Waals surface area contributed by atoms with Crippen molar-refractivity contribution in [2.45, 2.75) is 71.8 Å². The number of fused-ring (bicyclic) bond motifs is 1. The minimum absolute atomic E-state index is 0.0291. The van der Waals surface area contributed by atoms with E-state index in [1.54, 1.807) is 13.0 Å². The lowest BCUT2D eigenvalue weighted by atomic mass is 10.0. The van der Waals surface area contributed by atoms with Gasteiger partial charge in [-0.1, -0.05) is 25.4 Å². The van der Waals surface area contributed by atoms with Crippen LogP contribution < -0.4 is 16.1 Å². The van der Waals surface area contributed by atoms with Crippen molar-refractivity contribution in [1.82, 2.24) is 19.9 Å². The van der Waals surface area contributed by atoms with Crippen molar-refractivity contribution in [2.24, 2.45) is 0 Å². The zero-order chi connectivity index (χ0) is 26.1. The third kappa shape index (κ3) is 5.25. The smallest absolute Gasteiger partial charge is 0.223 e. The van der Waals surface area contributed by atoms with Gasteiger partial charge in [0.1, 0.15) is 5.82 Å². The predicted molar refractivity (Wildman–Crippen MR) is 140 cm³/mol. The zero-order valence-electron chi connectivity index (χ0n) is 21.2. The van der Waals surface area contributed by atoms with Crippen molar-refractivity contribution in [3.63, 3.8) is 0 Å². The molecule has 1 aromatic carbocycles. The molecule has 3 aromatic rings. The fraction of sp³-hybridized carbons (Fsp3) is 0.500. The first-order valence-electron chi connectivity index (χ1n) is 12.2. The molecule has 0 saturated carbocycles. The van der Waals surface area contributed by atoms with Gasteiger partial charge in [-0.25, -0.2) is 14.4 Å². The molecule has 10 heteroatoms. The van der Waals surface area contributed by atoms with E-state index in [0.29, 0.717) is 41.9 Å². The van der Waals surface area contributed by atoms with Crippen LogP contribution in [0.1, 0.15) is 51.4 Å². The number of aliphatic hydroxyl groups excluding tert-OH is 1. The highest BCUT2D eigenvalue weighted by Gasteiger charge is 2.25. The van der Waals surface area contributed by atoms with E-state index in [2.05, 4.69) is 20.6 Å². The summed E-state index contributed by atoms with van der Waals surface area (Å²) in [5.74, 6) is -0.356. The SMILES string of the molecule is Cc1c(CNC(C)C)n(C(C)C)c2cc(-c3nc(N[C@@H]4CCOC[C@H]4O)ncc3Cl)cc(F)c2c1=O. The number of ether oxygens (including phenoxy) is 1. The van der Waals surface area contributed by atoms with E-state index in [-0.39, 0.29) is 46.5 Å². The summed E-state index contributed by atoms with van der Waals surface area (Å²) in [6.07, 6.45) is 1.35. The molecule has 0 unspecified atom stereocenters. The van der Waals surface area contributed by atoms with Gasteiger partial charge in [0.2, 0.25) is 5.95 Å². The Hall–Kier alpha value is -2.59. The lowest BCUT2D eigenvalue weighted by Crippen LogP contribution is -2.42. The van der Waals surface area contributed by atoms with Crippen LogP contribution in [0.3, 0.4) is 0 Å². The number of nitrogens with zero attached hydrogens (tertiary/aromatic N) is 3. The average molecular weight is 518 g/mol. The van der Waals surface area contributed by atoms with E-state index < -0.39 is 11.9 Å². The standard InChI is InChI=1S/C26H33ClFN5O3/c1-13(2)29-11-21-15(5)25(35)23-18(28)8-16(9-20(23)33(21)14(3)4)24-17(27)10-30-26(32-24)31-19-6-7-36-12-22(19)34/h8-10,13-14,19,22,29,34H,6-7,11-12H2,1-5H3,(H,30,31,32)/t19-,22-/m1/s1. The third-order valence-electron chi connectivity index (χ3n) is 6.47. The Balaban J connectivity index is 1.86. The van der Waals surface area contributed by atoms with Gasteiger partial charge in [0.25, 0.3) is 0 Å². The maximum atomic E-state index is 15.5. The molecule has 0 radical (unpaired) electrons. The second-order valence-corrected chi connectivity index (χ2v) is 10.2. The van der Waals surface area contributed by atoms with Gasteiger partial charge >= 0.3 is 0 Å². The van der Waals surface area contributed by atoms with Gasteiger partial charge < -0.3 is 25.0 Å². The molecule has 0 bridgehead atoms. The van der Waals surface area contributed by atoms with Crippen molar-refractivity contribution in [2.75, 3.05) is 18.5 Å². The molecule has 3 heterocycles. The molecule has 2 aromatic heterocycles. The summed E-state index contributed by atoms with van der Waals surface area (Å²) in [5, 5.41) is 17.0. The maximum Gasteiger partial charge on any atom is 0.223 e. The highest BCUT2D eigenvalue weighted by molar-refractivity contribution is 6.33. The van der Waals surface area contributed by atoms with Crippen molar-refractivity contribution in [3.8, 4) is 11.3 Å². The summed E-state index contributed by atoms with van der Waals surface area (Å²) < 4.78 is 22.8. The number of hydrogen-bond acceptors (Lipinski definition) is 7. The summed E-state index contributed by atoms with van der Waals surface area (Å²) in [6, 6.07) is 2.98. The van der Waals surface area contributed by atoms with Crippen LogP contribution in [0.15, 0.2) is 23.1 Å². The number of aromatic nitrogens is 3. The van der Waals surface area contributed by atoms with Gasteiger partial charge in [0, 0.05) is 42.1 Å². The number of rotatable bonds is 7. The van der Waals surface area contributed by atoms with Crippen LogP contribution in [0.4, 0.5) is 10.3 Å². The highest BCUT2D eigenvalue weighted by Crippen LogP contribution is 2.32. The lowest BCUT2D eigenvalue weighted by molar-refractivity contribution is -0.0136. The number of pyridine rings is 1. The monoisotopic (exact) mass is 517 g/mol. The molecule has 194 valence electrons. The molecule has 2 atom stereocenters. The van der Waals surface area contributed by atoms with E-state index in [1.165, 1.54) is 12.3 Å². The van der Waals surface area contributed by atoms with E-state index in [1.807, 2.05) is 32.3 Å². The minimum Gasteiger partial charge on any atom is -0.389 e. The van der Waals surface area contributed by atoms with Gasteiger partial charge in [-0.3, -0.25) is 4.79 Å². The van der Waals surface area contributed by atoms with Crippen LogP contribution in [0.5, 0.6) is 0 Å². The Morgan fingerprint density at radius 3 is 2.72 bits per heavy atom. The van der Waals surface area contributed by atoms with Crippen molar-refractivity contribution in [3.05, 3.63) is 50.7 Å². The fourth-order valence-electron chi connectivity index (χ4n) is 4.59. The quantitative estimate of drug-likeness (QED) is 0.431. The first-order valence-corrected chi connectivity index (χ1v) is 12.6. The summed E-state index contributed by atoms with van der Waals surface area (Å²) in [4.78, 5) is 22.0. The van der Waals surface area contributed by atoms with Gasteiger partial charge in [0.15, 0.2) is 5.43 Å². The first kappa shape index (κ1) is 26.5. The number of aliphatic hydroxyl groups is 1. The van der Waals surface area contributed by atoms with Crippen LogP contribution in [0.25, 0.3) is 22.2 Å². The molecule has 0 aliphatic carbocycles. The molecule has 1 aliphatic heterocycles. The van der Waals surface area contributed by atoms with Gasteiger partial charge in [-0.15, -0.1) is 0 Å². The Morgan fingerprint density at radius 2 is 2.06 bits per heavy atom. The molecule has 0 amide bonds. The van der Waals surface area contributed by atoms with Gasteiger partial charge in [-0.05, 0) is 39.3 Å². The number of nitrogens with one attached hydrogen (secondary N) is 2. The molecule has 1 saturated heterocycles. The normalized spacial score (nSPS) is 18.4. The van der Waals surface area contributed by atoms with E-state index in [0.717, 1.165) is 5.69 Å². The highest BCUT2D eigenvalue weighted by atomic mass is 35.5. The molecule has 1 aliphatic rings. The average Bonchev–Trinajstić information content (AvgIpc) is 2.82. The second kappa shape index (κ2) is 10.8. The number of halogens is 2. The number of hydrogen-bond donors (Lipinski definition) is 3. The van der Waals surface area contributed by atoms with Crippen LogP contribution in [0, 0.1) is 12.7 Å². The van der Waals surface area contributed by atoms with E-state index in [9.17, 15) is 9.90 Å². The molecule has 36 heavy (non-hydrogen) atoms. The van der Waals surface area contributed by atoms with Crippen LogP contribution >= 0.6 is 11.6 Å². The maximum absolute atomic E-state index is 15.5. The molecule has 0 spiro atoms. The molecule has 4 rings (SSSR count). The number of benzene rings is 1. The van der Waals surface area contributed by atoms with Crippen LogP contribution in [-0.2, 0) is 11.3 Å². The second-order valence-electron chi connectivity index (χ2n) is 9.82. The fourth-order valence-corrected chi connectivity index (χ4v) is 4.79. The molecular weight excluding hydrogens is 485 g/mol. The van der Waals surface area contributed by atoms with Crippen molar-refractivity contribution < 1.29 is 14.2 Å². The van der Waals surface area contributed by atoms with Gasteiger partial charge in [0.05, 0.1) is 46.6 Å². The van der Waals surface area contributed by atoms with Gasteiger partial charge in [-0.2, -0.15) is 0 Å². The number of anilines is 1. The zero-order valence-corrected chi connectivity index (χ0v) is 22.0. The molecule has 3 N–H and O–H groups in total. The molecular formula is C26H33ClFN5O3. The minimum atomic E-state index is -0.693. The van der Waals surface area contributed by atoms with Crippen molar-refractivity contribution in [1.29, 1.82) is 0 Å². The van der Waals surface area contributed by atoms with Crippen LogP contribution in [0.2, 0.25) is 5.02 Å². The summed E-state index contributed by atoms with van der Waals surface area (Å²) in [5.41, 5.74) is 2.27. The summed E-state index contributed by atoms with van der Waals surface area (Å²) in [6.45, 7) is 11.1. The largest absolute Gasteiger partial charge is 0.389 e. The molecule has 8 nitrogen and oxygen atoms in total. The summed E-state index contributed by atoms with van der Waals surface area (Å²) >= 11 is 6.46. The predicted octanol–water partition coefficient (Wildman–Crippen LogP) is 4.20. The van der Waals surface area contributed by atoms with Crippen LogP contribution in [-0.4, -0.2) is 51.0 Å². The Kier molecular flexibility index (Phi) is 7.94. The summed E-state index contributed by atoms with van der Waals surface area (Å²) in [7, 11) is 0. The molecule has 1 fully saturated rings. The Morgan fingerprint density at radius 1 is 1.31 bits per heavy atom.